The molecule has 2 aromatic rings. The van der Waals surface area contributed by atoms with E-state index in [0.717, 1.165) is 5.75 Å². The molecule has 0 aliphatic heterocycles. The number of benzene rings is 2. The normalized spacial score (nSPS) is 11.8. The van der Waals surface area contributed by atoms with Crippen molar-refractivity contribution in [3.8, 4) is 5.75 Å². The summed E-state index contributed by atoms with van der Waals surface area (Å²) in [7, 11) is -1.72. The van der Waals surface area contributed by atoms with Crippen LogP contribution in [-0.2, 0) is 0 Å². The van der Waals surface area contributed by atoms with Crippen LogP contribution in [0, 0.1) is 0 Å². The summed E-state index contributed by atoms with van der Waals surface area (Å²) in [5.41, 5.74) is 0. The van der Waals surface area contributed by atoms with Gasteiger partial charge >= 0.3 is 0 Å². The van der Waals surface area contributed by atoms with Crippen molar-refractivity contribution in [2.45, 2.75) is 77.4 Å². The second-order valence-corrected chi connectivity index (χ2v) is 11.1. The maximum atomic E-state index is 6.96. The third-order valence-corrected chi connectivity index (χ3v) is 9.48. The Morgan fingerprint density at radius 2 is 1.25 bits per heavy atom. The predicted octanol–water partition coefficient (Wildman–Crippen LogP) is 7.56. The fourth-order valence-electron chi connectivity index (χ4n) is 3.54. The standard InChI is InChI=1S/C22H34OSi/c1-4-7-17-24(18-8-5-2,19-9-6-3)23-22-16-12-14-20-13-10-11-15-21(20)22/h10-16H,4-9,17-19H2,1-3H3. The van der Waals surface area contributed by atoms with Gasteiger partial charge in [0.1, 0.15) is 5.75 Å². The van der Waals surface area contributed by atoms with Gasteiger partial charge in [-0.15, -0.1) is 0 Å². The molecule has 2 heteroatoms. The molecular weight excluding hydrogens is 308 g/mol. The highest BCUT2D eigenvalue weighted by atomic mass is 28.4. The number of unbranched alkanes of at least 4 members (excludes halogenated alkanes) is 3. The van der Waals surface area contributed by atoms with Gasteiger partial charge in [-0.2, -0.15) is 0 Å². The van der Waals surface area contributed by atoms with Crippen LogP contribution < -0.4 is 4.43 Å². The summed E-state index contributed by atoms with van der Waals surface area (Å²) < 4.78 is 6.96. The van der Waals surface area contributed by atoms with Crippen molar-refractivity contribution in [1.82, 2.24) is 0 Å². The first kappa shape index (κ1) is 19.0. The zero-order valence-electron chi connectivity index (χ0n) is 15.8. The van der Waals surface area contributed by atoms with Crippen LogP contribution in [0.4, 0.5) is 0 Å². The molecule has 24 heavy (non-hydrogen) atoms. The minimum Gasteiger partial charge on any atom is -0.543 e. The molecule has 2 aromatic carbocycles. The molecule has 2 rings (SSSR count). The summed E-state index contributed by atoms with van der Waals surface area (Å²) in [6, 6.07) is 19.1. The van der Waals surface area contributed by atoms with E-state index in [1.54, 1.807) is 0 Å². The van der Waals surface area contributed by atoms with Gasteiger partial charge in [-0.25, -0.2) is 0 Å². The molecule has 0 unspecified atom stereocenters. The largest absolute Gasteiger partial charge is 0.543 e. The highest BCUT2D eigenvalue weighted by Gasteiger charge is 2.35. The predicted molar refractivity (Wildman–Crippen MR) is 109 cm³/mol. The third-order valence-electron chi connectivity index (χ3n) is 5.03. The number of rotatable bonds is 11. The zero-order chi connectivity index (χ0) is 17.3. The third kappa shape index (κ3) is 5.11. The lowest BCUT2D eigenvalue weighted by Crippen LogP contribution is -2.41. The first-order valence-corrected chi connectivity index (χ1v) is 12.4. The summed E-state index contributed by atoms with van der Waals surface area (Å²) in [5.74, 6) is 1.13. The highest BCUT2D eigenvalue weighted by molar-refractivity contribution is 6.74. The lowest BCUT2D eigenvalue weighted by atomic mass is 10.1. The van der Waals surface area contributed by atoms with Gasteiger partial charge in [0.05, 0.1) is 0 Å². The minimum absolute atomic E-state index is 1.13. The van der Waals surface area contributed by atoms with Crippen LogP contribution in [0.3, 0.4) is 0 Å². The molecule has 0 bridgehead atoms. The molecule has 0 fully saturated rings. The second kappa shape index (κ2) is 9.88. The average Bonchev–Trinajstić information content (AvgIpc) is 2.63. The Bertz CT molecular complexity index is 581. The van der Waals surface area contributed by atoms with Gasteiger partial charge < -0.3 is 4.43 Å². The quantitative estimate of drug-likeness (QED) is 0.383. The van der Waals surface area contributed by atoms with Gasteiger partial charge in [-0.05, 0) is 29.6 Å². The molecule has 0 heterocycles. The molecule has 0 atom stereocenters. The molecule has 0 aliphatic carbocycles. The first-order chi connectivity index (χ1) is 11.7. The SMILES string of the molecule is CCCC[Si](CCCC)(CCCC)Oc1cccc2ccccc12. The molecule has 132 valence electrons. The summed E-state index contributed by atoms with van der Waals surface area (Å²) in [5, 5.41) is 2.57. The van der Waals surface area contributed by atoms with Crippen LogP contribution in [0.25, 0.3) is 10.8 Å². The number of hydrogen-bond acceptors (Lipinski definition) is 1. The van der Waals surface area contributed by atoms with Crippen LogP contribution in [0.5, 0.6) is 5.75 Å². The summed E-state index contributed by atoms with van der Waals surface area (Å²) >= 11 is 0. The maximum absolute atomic E-state index is 6.96. The Hall–Kier alpha value is -1.28. The van der Waals surface area contributed by atoms with Crippen LogP contribution >= 0.6 is 0 Å². The van der Waals surface area contributed by atoms with E-state index in [0.29, 0.717) is 0 Å². The first-order valence-electron chi connectivity index (χ1n) is 9.91. The van der Waals surface area contributed by atoms with Crippen molar-refractivity contribution in [3.63, 3.8) is 0 Å². The van der Waals surface area contributed by atoms with E-state index in [1.165, 1.54) is 67.4 Å². The van der Waals surface area contributed by atoms with E-state index < -0.39 is 8.32 Å². The Morgan fingerprint density at radius 1 is 0.708 bits per heavy atom. The lowest BCUT2D eigenvalue weighted by molar-refractivity contribution is 0.515. The van der Waals surface area contributed by atoms with Gasteiger partial charge in [0, 0.05) is 5.39 Å². The van der Waals surface area contributed by atoms with Crippen molar-refractivity contribution in [2.75, 3.05) is 0 Å². The van der Waals surface area contributed by atoms with Gasteiger partial charge in [0.15, 0.2) is 0 Å². The molecular formula is C22H34OSi. The van der Waals surface area contributed by atoms with Crippen molar-refractivity contribution in [2.24, 2.45) is 0 Å². The zero-order valence-corrected chi connectivity index (χ0v) is 16.8. The monoisotopic (exact) mass is 342 g/mol. The molecule has 0 N–H and O–H groups in total. The molecule has 0 saturated carbocycles. The van der Waals surface area contributed by atoms with E-state index in [2.05, 4.69) is 63.2 Å². The Labute approximate surface area is 149 Å². The molecule has 0 saturated heterocycles. The van der Waals surface area contributed by atoms with Crippen LogP contribution in [-0.4, -0.2) is 8.32 Å². The average molecular weight is 343 g/mol. The lowest BCUT2D eigenvalue weighted by Gasteiger charge is -2.33. The number of fused-ring (bicyclic) bond motifs is 1. The minimum atomic E-state index is -1.72. The van der Waals surface area contributed by atoms with Crippen LogP contribution in [0.2, 0.25) is 18.1 Å². The Kier molecular flexibility index (Phi) is 7.84. The van der Waals surface area contributed by atoms with Crippen molar-refractivity contribution in [1.29, 1.82) is 0 Å². The van der Waals surface area contributed by atoms with Crippen LogP contribution in [0.1, 0.15) is 59.3 Å². The van der Waals surface area contributed by atoms with Crippen LogP contribution in [0.15, 0.2) is 42.5 Å². The van der Waals surface area contributed by atoms with Crippen molar-refractivity contribution >= 4 is 19.1 Å². The summed E-state index contributed by atoms with van der Waals surface area (Å²) in [6.07, 6.45) is 7.74. The molecule has 0 aromatic heterocycles. The van der Waals surface area contributed by atoms with Gasteiger partial charge in [0.25, 0.3) is 8.32 Å². The van der Waals surface area contributed by atoms with Crippen molar-refractivity contribution in [3.05, 3.63) is 42.5 Å². The summed E-state index contributed by atoms with van der Waals surface area (Å²) in [4.78, 5) is 0. The highest BCUT2D eigenvalue weighted by Crippen LogP contribution is 2.34. The van der Waals surface area contributed by atoms with Crippen molar-refractivity contribution < 1.29 is 4.43 Å². The fraction of sp³-hybridized carbons (Fsp3) is 0.545. The van der Waals surface area contributed by atoms with Gasteiger partial charge in [0.2, 0.25) is 0 Å². The molecule has 0 amide bonds. The van der Waals surface area contributed by atoms with Gasteiger partial charge in [-0.1, -0.05) is 95.7 Å². The molecule has 0 aliphatic rings. The topological polar surface area (TPSA) is 9.23 Å². The maximum Gasteiger partial charge on any atom is 0.251 e. The summed E-state index contributed by atoms with van der Waals surface area (Å²) in [6.45, 7) is 6.91. The van der Waals surface area contributed by atoms with E-state index >= 15 is 0 Å². The van der Waals surface area contributed by atoms with E-state index in [4.69, 9.17) is 4.43 Å². The van der Waals surface area contributed by atoms with E-state index in [-0.39, 0.29) is 0 Å². The van der Waals surface area contributed by atoms with Gasteiger partial charge in [-0.3, -0.25) is 0 Å². The van der Waals surface area contributed by atoms with E-state index in [9.17, 15) is 0 Å². The Morgan fingerprint density at radius 3 is 1.83 bits per heavy atom. The van der Waals surface area contributed by atoms with E-state index in [1.807, 2.05) is 0 Å². The molecule has 0 spiro atoms. The smallest absolute Gasteiger partial charge is 0.251 e. The molecule has 0 radical (unpaired) electrons. The molecule has 1 nitrogen and oxygen atoms in total. The Balaban J connectivity index is 2.32. The fourth-order valence-corrected chi connectivity index (χ4v) is 8.24. The number of hydrogen-bond donors (Lipinski definition) is 0. The second-order valence-electron chi connectivity index (χ2n) is 7.07.